The summed E-state index contributed by atoms with van der Waals surface area (Å²) < 4.78 is 8.18. The van der Waals surface area contributed by atoms with Crippen LogP contribution in [0.15, 0.2) is 77.5 Å². The van der Waals surface area contributed by atoms with E-state index in [1.165, 1.54) is 5.38 Å². The lowest BCUT2D eigenvalue weighted by atomic mass is 10.1. The largest absolute Gasteiger partial charge is 0.478 e. The van der Waals surface area contributed by atoms with Crippen molar-refractivity contribution in [3.8, 4) is 22.6 Å². The topological polar surface area (TPSA) is 113 Å². The molecule has 0 aliphatic heterocycles. The van der Waals surface area contributed by atoms with E-state index in [1.54, 1.807) is 11.4 Å². The second-order valence-electron chi connectivity index (χ2n) is 6.52. The minimum Gasteiger partial charge on any atom is -0.478 e. The van der Waals surface area contributed by atoms with Crippen LogP contribution in [0.1, 0.15) is 20.7 Å². The van der Waals surface area contributed by atoms with Crippen molar-refractivity contribution in [3.05, 3.63) is 88.6 Å². The Morgan fingerprint density at radius 3 is 1.97 bits per heavy atom. The number of rotatable bonds is 4. The first-order valence-corrected chi connectivity index (χ1v) is 11.0. The highest BCUT2D eigenvalue weighted by molar-refractivity contribution is 7.04. The van der Waals surface area contributed by atoms with Gasteiger partial charge in [0.2, 0.25) is 0 Å². The normalized spacial score (nSPS) is 10.4. The number of fused-ring (bicyclic) bond motifs is 1. The van der Waals surface area contributed by atoms with Crippen molar-refractivity contribution in [2.75, 3.05) is 0 Å². The standard InChI is InChI=1S/C13H8N2O2S.C10H7NO2S/c16-13(17)9-7-18-15-12(9)11-6-5-8-3-1-2-4-10(8)14-11;12-10(13)8-6-14-11-9(8)7-4-2-1-3-5-7/h1-7H,(H,16,17);1-6H,(H,12,13). The van der Waals surface area contributed by atoms with Gasteiger partial charge in [0.1, 0.15) is 5.69 Å². The molecule has 32 heavy (non-hydrogen) atoms. The summed E-state index contributed by atoms with van der Waals surface area (Å²) in [4.78, 5) is 26.3. The van der Waals surface area contributed by atoms with Crippen molar-refractivity contribution in [2.24, 2.45) is 0 Å². The first-order valence-electron chi connectivity index (χ1n) is 9.31. The molecule has 0 fully saturated rings. The second kappa shape index (κ2) is 9.46. The minimum absolute atomic E-state index is 0.197. The molecule has 3 aromatic heterocycles. The van der Waals surface area contributed by atoms with E-state index in [2.05, 4.69) is 13.7 Å². The fraction of sp³-hybridized carbons (Fsp3) is 0. The van der Waals surface area contributed by atoms with Crippen molar-refractivity contribution >= 4 is 45.9 Å². The monoisotopic (exact) mass is 461 g/mol. The van der Waals surface area contributed by atoms with Gasteiger partial charge in [0.05, 0.1) is 28.0 Å². The number of nitrogens with zero attached hydrogens (tertiary/aromatic N) is 3. The summed E-state index contributed by atoms with van der Waals surface area (Å²) in [5, 5.41) is 22.0. The van der Waals surface area contributed by atoms with Gasteiger partial charge < -0.3 is 10.2 Å². The van der Waals surface area contributed by atoms with Gasteiger partial charge in [-0.15, -0.1) is 0 Å². The van der Waals surface area contributed by atoms with Crippen molar-refractivity contribution < 1.29 is 19.8 Å². The summed E-state index contributed by atoms with van der Waals surface area (Å²) in [5.74, 6) is -1.91. The summed E-state index contributed by atoms with van der Waals surface area (Å²) in [7, 11) is 0. The number of carbonyl (C=O) groups is 2. The highest BCUT2D eigenvalue weighted by atomic mass is 32.1. The zero-order chi connectivity index (χ0) is 22.5. The van der Waals surface area contributed by atoms with E-state index in [0.717, 1.165) is 39.5 Å². The molecule has 158 valence electrons. The number of benzene rings is 2. The third-order valence-corrected chi connectivity index (χ3v) is 5.75. The molecule has 0 saturated carbocycles. The molecule has 0 bridgehead atoms. The van der Waals surface area contributed by atoms with Crippen LogP contribution in [-0.4, -0.2) is 35.9 Å². The summed E-state index contributed by atoms with van der Waals surface area (Å²) in [6.07, 6.45) is 0. The van der Waals surface area contributed by atoms with Crippen LogP contribution < -0.4 is 0 Å². The number of carboxylic acids is 2. The number of carboxylic acid groups (broad SMARTS) is 2. The van der Waals surface area contributed by atoms with Crippen LogP contribution in [0.4, 0.5) is 0 Å². The van der Waals surface area contributed by atoms with E-state index in [0.29, 0.717) is 17.1 Å². The first kappa shape index (κ1) is 21.3. The van der Waals surface area contributed by atoms with Gasteiger partial charge in [0.15, 0.2) is 0 Å². The van der Waals surface area contributed by atoms with Crippen molar-refractivity contribution in [2.45, 2.75) is 0 Å². The van der Waals surface area contributed by atoms with Crippen LogP contribution in [0, 0.1) is 0 Å². The fourth-order valence-electron chi connectivity index (χ4n) is 2.96. The maximum Gasteiger partial charge on any atom is 0.338 e. The van der Waals surface area contributed by atoms with Gasteiger partial charge in [-0.05, 0) is 35.2 Å². The van der Waals surface area contributed by atoms with Gasteiger partial charge in [-0.1, -0.05) is 54.6 Å². The van der Waals surface area contributed by atoms with Crippen LogP contribution in [0.5, 0.6) is 0 Å². The SMILES string of the molecule is O=C(O)c1csnc1-c1ccc2ccccc2n1.O=C(O)c1csnc1-c1ccccc1. The summed E-state index contributed by atoms with van der Waals surface area (Å²) >= 11 is 2.28. The van der Waals surface area contributed by atoms with Crippen molar-refractivity contribution in [3.63, 3.8) is 0 Å². The molecule has 2 aromatic carbocycles. The molecule has 0 amide bonds. The molecule has 0 saturated heterocycles. The van der Waals surface area contributed by atoms with E-state index in [4.69, 9.17) is 10.2 Å². The van der Waals surface area contributed by atoms with E-state index < -0.39 is 11.9 Å². The third kappa shape index (κ3) is 4.53. The van der Waals surface area contributed by atoms with E-state index in [9.17, 15) is 9.59 Å². The van der Waals surface area contributed by atoms with Crippen LogP contribution in [0.25, 0.3) is 33.5 Å². The van der Waals surface area contributed by atoms with Gasteiger partial charge in [-0.2, -0.15) is 8.75 Å². The number of aromatic nitrogens is 3. The molecule has 2 N–H and O–H groups in total. The van der Waals surface area contributed by atoms with Gasteiger partial charge in [0, 0.05) is 21.7 Å². The van der Waals surface area contributed by atoms with Gasteiger partial charge >= 0.3 is 11.9 Å². The zero-order valence-electron chi connectivity index (χ0n) is 16.4. The number of pyridine rings is 1. The summed E-state index contributed by atoms with van der Waals surface area (Å²) in [6.45, 7) is 0. The molecule has 3 heterocycles. The van der Waals surface area contributed by atoms with E-state index >= 15 is 0 Å². The van der Waals surface area contributed by atoms with Crippen LogP contribution >= 0.6 is 23.1 Å². The Kier molecular flexibility index (Phi) is 6.29. The molecular weight excluding hydrogens is 446 g/mol. The Morgan fingerprint density at radius 1 is 0.688 bits per heavy atom. The van der Waals surface area contributed by atoms with Crippen LogP contribution in [0.3, 0.4) is 0 Å². The Hall–Kier alpha value is -3.95. The highest BCUT2D eigenvalue weighted by Crippen LogP contribution is 2.25. The Morgan fingerprint density at radius 2 is 1.28 bits per heavy atom. The average molecular weight is 462 g/mol. The van der Waals surface area contributed by atoms with Crippen molar-refractivity contribution in [1.29, 1.82) is 0 Å². The average Bonchev–Trinajstić information content (AvgIpc) is 3.50. The maximum absolute atomic E-state index is 11.1. The lowest BCUT2D eigenvalue weighted by Gasteiger charge is -2.01. The summed E-state index contributed by atoms with van der Waals surface area (Å²) in [5.41, 5.74) is 3.70. The maximum atomic E-state index is 11.1. The molecule has 0 radical (unpaired) electrons. The molecule has 0 aliphatic carbocycles. The third-order valence-electron chi connectivity index (χ3n) is 4.49. The molecule has 5 rings (SSSR count). The zero-order valence-corrected chi connectivity index (χ0v) is 18.0. The van der Waals surface area contributed by atoms with Crippen LogP contribution in [-0.2, 0) is 0 Å². The molecule has 7 nitrogen and oxygen atoms in total. The lowest BCUT2D eigenvalue weighted by Crippen LogP contribution is -1.97. The van der Waals surface area contributed by atoms with E-state index in [-0.39, 0.29) is 11.1 Å². The predicted molar refractivity (Wildman–Crippen MR) is 124 cm³/mol. The van der Waals surface area contributed by atoms with Gasteiger partial charge in [0.25, 0.3) is 0 Å². The Labute approximate surface area is 190 Å². The number of hydrogen-bond donors (Lipinski definition) is 2. The molecule has 9 heteroatoms. The predicted octanol–water partition coefficient (Wildman–Crippen LogP) is 5.56. The fourth-order valence-corrected chi connectivity index (χ4v) is 4.31. The molecule has 0 atom stereocenters. The van der Waals surface area contributed by atoms with Gasteiger partial charge in [-0.3, -0.25) is 0 Å². The summed E-state index contributed by atoms with van der Waals surface area (Å²) in [6, 6.07) is 20.7. The number of para-hydroxylation sites is 1. The smallest absolute Gasteiger partial charge is 0.338 e. The van der Waals surface area contributed by atoms with Crippen molar-refractivity contribution in [1.82, 2.24) is 13.7 Å². The van der Waals surface area contributed by atoms with E-state index in [1.807, 2.05) is 60.7 Å². The highest BCUT2D eigenvalue weighted by Gasteiger charge is 2.16. The quantitative estimate of drug-likeness (QED) is 0.360. The molecule has 0 aliphatic rings. The number of aromatic carboxylic acids is 2. The number of hydrogen-bond acceptors (Lipinski definition) is 7. The lowest BCUT2D eigenvalue weighted by molar-refractivity contribution is 0.0687. The van der Waals surface area contributed by atoms with Gasteiger partial charge in [-0.25, -0.2) is 14.6 Å². The molecule has 0 unspecified atom stereocenters. The molecule has 0 spiro atoms. The molecule has 5 aromatic rings. The molecular formula is C23H15N3O4S2. The van der Waals surface area contributed by atoms with Crippen LogP contribution in [0.2, 0.25) is 0 Å². The Bertz CT molecular complexity index is 1400. The second-order valence-corrected chi connectivity index (χ2v) is 7.78. The minimum atomic E-state index is -0.978. The Balaban J connectivity index is 0.000000158. The first-order chi connectivity index (χ1) is 15.5.